The van der Waals surface area contributed by atoms with Crippen molar-refractivity contribution in [1.29, 1.82) is 0 Å². The van der Waals surface area contributed by atoms with Crippen LogP contribution in [0.2, 0.25) is 0 Å². The van der Waals surface area contributed by atoms with E-state index >= 15 is 0 Å². The molecule has 3 aromatic rings. The first-order valence-corrected chi connectivity index (χ1v) is 8.06. The van der Waals surface area contributed by atoms with E-state index < -0.39 is 18.1 Å². The van der Waals surface area contributed by atoms with Gasteiger partial charge in [0.25, 0.3) is 0 Å². The number of hydrogen-bond donors (Lipinski definition) is 2. The van der Waals surface area contributed by atoms with E-state index in [1.165, 1.54) is 12.7 Å². The van der Waals surface area contributed by atoms with Crippen molar-refractivity contribution in [3.63, 3.8) is 0 Å². The molecule has 2 unspecified atom stereocenters. The second-order valence-corrected chi connectivity index (χ2v) is 6.26. The van der Waals surface area contributed by atoms with Crippen LogP contribution in [0.5, 0.6) is 0 Å². The monoisotopic (exact) mass is 347 g/mol. The molecule has 0 radical (unpaired) electrons. The minimum atomic E-state index is -4.38. The Hall–Kier alpha value is -2.64. The smallest absolute Gasteiger partial charge is 0.357 e. The van der Waals surface area contributed by atoms with E-state index in [9.17, 15) is 13.2 Å². The minimum Gasteiger partial charge on any atom is -0.357 e. The first-order valence-electron chi connectivity index (χ1n) is 8.06. The molecule has 0 amide bonds. The van der Waals surface area contributed by atoms with Crippen molar-refractivity contribution in [3.05, 3.63) is 48.0 Å². The predicted octanol–water partition coefficient (Wildman–Crippen LogP) is 3.50. The molecule has 130 valence electrons. The van der Waals surface area contributed by atoms with Gasteiger partial charge in [-0.05, 0) is 36.3 Å². The Kier molecular flexibility index (Phi) is 3.82. The minimum absolute atomic E-state index is 0.128. The molecule has 1 aliphatic rings. The third-order valence-electron chi connectivity index (χ3n) is 4.72. The van der Waals surface area contributed by atoms with Crippen LogP contribution < -0.4 is 5.32 Å². The summed E-state index contributed by atoms with van der Waals surface area (Å²) in [6, 6.07) is 6.01. The highest BCUT2D eigenvalue weighted by Crippen LogP contribution is 2.36. The molecule has 8 heteroatoms. The normalized spacial score (nSPS) is 18.8. The Morgan fingerprint density at radius 3 is 2.72 bits per heavy atom. The highest BCUT2D eigenvalue weighted by molar-refractivity contribution is 5.82. The summed E-state index contributed by atoms with van der Waals surface area (Å²) in [5.74, 6) is -0.425. The lowest BCUT2D eigenvalue weighted by Crippen LogP contribution is -2.45. The van der Waals surface area contributed by atoms with Gasteiger partial charge >= 0.3 is 6.18 Å². The van der Waals surface area contributed by atoms with E-state index in [-0.39, 0.29) is 5.82 Å². The first kappa shape index (κ1) is 15.9. The number of anilines is 1. The van der Waals surface area contributed by atoms with Gasteiger partial charge in [0, 0.05) is 0 Å². The molecule has 5 nitrogen and oxygen atoms in total. The summed E-state index contributed by atoms with van der Waals surface area (Å²) in [6.45, 7) is 0. The van der Waals surface area contributed by atoms with E-state index in [1.807, 2.05) is 24.3 Å². The molecule has 0 fully saturated rings. The standard InChI is InChI=1S/C17H16F3N5/c18-17(19,20)14(12-6-5-10-3-1-2-4-11(10)7-12)25-16-13-15(22-8-21-13)23-9-24-16/h1-4,8-9,12,14H,5-7H2,(H2,21,22,23,24,25). The molecule has 1 aromatic carbocycles. The molecule has 2 atom stereocenters. The zero-order valence-electron chi connectivity index (χ0n) is 13.2. The van der Waals surface area contributed by atoms with Crippen molar-refractivity contribution in [2.75, 3.05) is 5.32 Å². The molecular formula is C17H16F3N5. The zero-order chi connectivity index (χ0) is 17.4. The Balaban J connectivity index is 1.65. The average molecular weight is 347 g/mol. The highest BCUT2D eigenvalue weighted by Gasteiger charge is 2.45. The number of nitrogens with zero attached hydrogens (tertiary/aromatic N) is 3. The van der Waals surface area contributed by atoms with Gasteiger partial charge in [0.15, 0.2) is 11.5 Å². The van der Waals surface area contributed by atoms with Crippen molar-refractivity contribution in [3.8, 4) is 0 Å². The van der Waals surface area contributed by atoms with Gasteiger partial charge < -0.3 is 10.3 Å². The van der Waals surface area contributed by atoms with E-state index in [0.717, 1.165) is 11.1 Å². The number of hydrogen-bond acceptors (Lipinski definition) is 4. The lowest BCUT2D eigenvalue weighted by atomic mass is 9.79. The van der Waals surface area contributed by atoms with Crippen LogP contribution in [0.1, 0.15) is 17.5 Å². The fraction of sp³-hybridized carbons (Fsp3) is 0.353. The first-order chi connectivity index (χ1) is 12.0. The molecule has 0 saturated carbocycles. The Morgan fingerprint density at radius 2 is 1.92 bits per heavy atom. The summed E-state index contributed by atoms with van der Waals surface area (Å²) in [6.07, 6.45) is -0.248. The number of aromatic amines is 1. The molecule has 2 N–H and O–H groups in total. The van der Waals surface area contributed by atoms with Gasteiger partial charge in [-0.3, -0.25) is 0 Å². The molecule has 0 aliphatic heterocycles. The van der Waals surface area contributed by atoms with Crippen LogP contribution in [0.25, 0.3) is 11.2 Å². The fourth-order valence-electron chi connectivity index (χ4n) is 3.50. The van der Waals surface area contributed by atoms with Crippen LogP contribution in [-0.2, 0) is 12.8 Å². The van der Waals surface area contributed by atoms with Crippen molar-refractivity contribution < 1.29 is 13.2 Å². The van der Waals surface area contributed by atoms with Gasteiger partial charge in [-0.15, -0.1) is 0 Å². The number of H-pyrrole nitrogens is 1. The van der Waals surface area contributed by atoms with E-state index in [2.05, 4.69) is 25.3 Å². The van der Waals surface area contributed by atoms with E-state index in [0.29, 0.717) is 30.4 Å². The SMILES string of the molecule is FC(F)(F)C(Nc1ncnc2nc[nH]c12)C1CCc2ccccc2C1. The fourth-order valence-corrected chi connectivity index (χ4v) is 3.50. The average Bonchev–Trinajstić information content (AvgIpc) is 3.07. The molecule has 4 rings (SSSR count). The predicted molar refractivity (Wildman–Crippen MR) is 87.1 cm³/mol. The molecule has 0 bridgehead atoms. The second kappa shape index (κ2) is 6.02. The number of halogens is 3. The second-order valence-electron chi connectivity index (χ2n) is 6.26. The topological polar surface area (TPSA) is 66.5 Å². The Morgan fingerprint density at radius 1 is 1.12 bits per heavy atom. The molecule has 0 saturated heterocycles. The summed E-state index contributed by atoms with van der Waals surface area (Å²) in [5, 5.41) is 2.60. The summed E-state index contributed by atoms with van der Waals surface area (Å²) < 4.78 is 41.3. The summed E-state index contributed by atoms with van der Waals surface area (Å²) >= 11 is 0. The van der Waals surface area contributed by atoms with Crippen LogP contribution in [0.4, 0.5) is 19.0 Å². The lowest BCUT2D eigenvalue weighted by Gasteiger charge is -2.33. The number of rotatable bonds is 3. The Bertz CT molecular complexity index is 889. The van der Waals surface area contributed by atoms with Crippen molar-refractivity contribution in [2.24, 2.45) is 5.92 Å². The zero-order valence-corrected chi connectivity index (χ0v) is 13.2. The number of nitrogens with one attached hydrogen (secondary N) is 2. The van der Waals surface area contributed by atoms with Crippen LogP contribution in [0.15, 0.2) is 36.9 Å². The molecule has 1 aliphatic carbocycles. The molecule has 25 heavy (non-hydrogen) atoms. The van der Waals surface area contributed by atoms with E-state index in [4.69, 9.17) is 0 Å². The van der Waals surface area contributed by atoms with Crippen molar-refractivity contribution in [1.82, 2.24) is 19.9 Å². The molecule has 2 aromatic heterocycles. The van der Waals surface area contributed by atoms with Crippen LogP contribution in [0, 0.1) is 5.92 Å². The van der Waals surface area contributed by atoms with Crippen molar-refractivity contribution in [2.45, 2.75) is 31.5 Å². The van der Waals surface area contributed by atoms with Crippen LogP contribution in [-0.4, -0.2) is 32.2 Å². The van der Waals surface area contributed by atoms with Gasteiger partial charge in [-0.2, -0.15) is 13.2 Å². The summed E-state index contributed by atoms with van der Waals surface area (Å²) in [4.78, 5) is 14.7. The van der Waals surface area contributed by atoms with Gasteiger partial charge in [0.1, 0.15) is 17.9 Å². The van der Waals surface area contributed by atoms with Crippen LogP contribution in [0.3, 0.4) is 0 Å². The van der Waals surface area contributed by atoms with E-state index in [1.54, 1.807) is 0 Å². The maximum atomic E-state index is 13.8. The van der Waals surface area contributed by atoms with Gasteiger partial charge in [-0.25, -0.2) is 15.0 Å². The quantitative estimate of drug-likeness (QED) is 0.761. The number of alkyl halides is 3. The Labute approximate surface area is 141 Å². The third kappa shape index (κ3) is 3.04. The summed E-state index contributed by atoms with van der Waals surface area (Å²) in [7, 11) is 0. The molecule has 0 spiro atoms. The van der Waals surface area contributed by atoms with Gasteiger partial charge in [-0.1, -0.05) is 24.3 Å². The lowest BCUT2D eigenvalue weighted by molar-refractivity contribution is -0.154. The van der Waals surface area contributed by atoms with Crippen LogP contribution >= 0.6 is 0 Å². The van der Waals surface area contributed by atoms with Gasteiger partial charge in [0.2, 0.25) is 0 Å². The number of benzene rings is 1. The third-order valence-corrected chi connectivity index (χ3v) is 4.72. The number of fused-ring (bicyclic) bond motifs is 2. The highest BCUT2D eigenvalue weighted by atomic mass is 19.4. The molecule has 2 heterocycles. The number of imidazole rings is 1. The largest absolute Gasteiger partial charge is 0.408 e. The summed E-state index contributed by atoms with van der Waals surface area (Å²) in [5.41, 5.74) is 2.85. The number of aromatic nitrogens is 4. The maximum Gasteiger partial charge on any atom is 0.408 e. The molecular weight excluding hydrogens is 331 g/mol. The maximum absolute atomic E-state index is 13.8. The number of aryl methyl sites for hydroxylation is 1. The van der Waals surface area contributed by atoms with Gasteiger partial charge in [0.05, 0.1) is 6.33 Å². The van der Waals surface area contributed by atoms with Crippen molar-refractivity contribution >= 4 is 17.0 Å².